The molecule has 2 aromatic rings. The number of rotatable bonds is 3. The Morgan fingerprint density at radius 3 is 2.89 bits per heavy atom. The van der Waals surface area contributed by atoms with Gasteiger partial charge in [-0.05, 0) is 55.7 Å². The Morgan fingerprint density at radius 1 is 1.17 bits per heavy atom. The summed E-state index contributed by atoms with van der Waals surface area (Å²) in [5.41, 5.74) is 5.56. The summed E-state index contributed by atoms with van der Waals surface area (Å²) < 4.78 is 0. The van der Waals surface area contributed by atoms with E-state index in [1.54, 1.807) is 0 Å². The van der Waals surface area contributed by atoms with Crippen LogP contribution < -0.4 is 0 Å². The predicted molar refractivity (Wildman–Crippen MR) is 76.9 cm³/mol. The maximum atomic E-state index is 4.86. The minimum absolute atomic E-state index is 1.06. The molecule has 0 unspecified atom stereocenters. The molecule has 1 aromatic heterocycles. The lowest BCUT2D eigenvalue weighted by atomic mass is 9.88. The summed E-state index contributed by atoms with van der Waals surface area (Å²) in [6.07, 6.45) is 9.15. The maximum absolute atomic E-state index is 4.86. The lowest BCUT2D eigenvalue weighted by molar-refractivity contribution is 0.664. The standard InChI is InChI=1S/C17H19N/c1-2-3-8-13-14-9-4-6-11-16(14)18-17-12-7-5-10-15(13)17/h2,4,6,9,11H,1,3,5,7-8,10,12H2. The molecule has 0 fully saturated rings. The number of aromatic nitrogens is 1. The molecule has 0 radical (unpaired) electrons. The summed E-state index contributed by atoms with van der Waals surface area (Å²) in [5, 5.41) is 1.35. The predicted octanol–water partition coefficient (Wildman–Crippen LogP) is 4.23. The van der Waals surface area contributed by atoms with Crippen molar-refractivity contribution < 1.29 is 0 Å². The number of hydrogen-bond donors (Lipinski definition) is 0. The molecular weight excluding hydrogens is 218 g/mol. The van der Waals surface area contributed by atoms with E-state index in [0.29, 0.717) is 0 Å². The largest absolute Gasteiger partial charge is 0.253 e. The van der Waals surface area contributed by atoms with Gasteiger partial charge in [-0.1, -0.05) is 24.3 Å². The van der Waals surface area contributed by atoms with Crippen molar-refractivity contribution in [2.45, 2.75) is 38.5 Å². The molecule has 1 nitrogen and oxygen atoms in total. The zero-order chi connectivity index (χ0) is 12.4. The highest BCUT2D eigenvalue weighted by molar-refractivity contribution is 5.83. The van der Waals surface area contributed by atoms with E-state index in [-0.39, 0.29) is 0 Å². The number of pyridine rings is 1. The highest BCUT2D eigenvalue weighted by Crippen LogP contribution is 2.30. The molecule has 0 atom stereocenters. The number of benzene rings is 1. The zero-order valence-corrected chi connectivity index (χ0v) is 10.8. The summed E-state index contributed by atoms with van der Waals surface area (Å²) in [5.74, 6) is 0. The molecule has 0 amide bonds. The maximum Gasteiger partial charge on any atom is 0.0708 e. The second kappa shape index (κ2) is 4.93. The van der Waals surface area contributed by atoms with Crippen molar-refractivity contribution in [3.05, 3.63) is 53.7 Å². The van der Waals surface area contributed by atoms with Crippen molar-refractivity contribution in [3.63, 3.8) is 0 Å². The SMILES string of the molecule is C=CCCc1c2c(nc3ccccc13)CCCC2. The van der Waals surface area contributed by atoms with E-state index >= 15 is 0 Å². The average Bonchev–Trinajstić information content (AvgIpc) is 2.43. The highest BCUT2D eigenvalue weighted by Gasteiger charge is 2.17. The van der Waals surface area contributed by atoms with Crippen molar-refractivity contribution >= 4 is 10.9 Å². The van der Waals surface area contributed by atoms with Crippen molar-refractivity contribution in [2.24, 2.45) is 0 Å². The van der Waals surface area contributed by atoms with Crippen LogP contribution in [-0.2, 0) is 19.3 Å². The first kappa shape index (κ1) is 11.5. The van der Waals surface area contributed by atoms with Gasteiger partial charge in [0.15, 0.2) is 0 Å². The van der Waals surface area contributed by atoms with Gasteiger partial charge in [-0.2, -0.15) is 0 Å². The van der Waals surface area contributed by atoms with Crippen LogP contribution in [0, 0.1) is 0 Å². The van der Waals surface area contributed by atoms with Gasteiger partial charge < -0.3 is 0 Å². The fraction of sp³-hybridized carbons (Fsp3) is 0.353. The summed E-state index contributed by atoms with van der Waals surface area (Å²) in [4.78, 5) is 4.86. The lowest BCUT2D eigenvalue weighted by Gasteiger charge is -2.20. The number of nitrogens with zero attached hydrogens (tertiary/aromatic N) is 1. The summed E-state index contributed by atoms with van der Waals surface area (Å²) in [6.45, 7) is 3.85. The van der Waals surface area contributed by atoms with Gasteiger partial charge in [0.1, 0.15) is 0 Å². The fourth-order valence-electron chi connectivity index (χ4n) is 3.00. The van der Waals surface area contributed by atoms with Gasteiger partial charge >= 0.3 is 0 Å². The van der Waals surface area contributed by atoms with Crippen molar-refractivity contribution in [1.29, 1.82) is 0 Å². The molecule has 1 aliphatic rings. The number of fused-ring (bicyclic) bond motifs is 2. The zero-order valence-electron chi connectivity index (χ0n) is 10.8. The Bertz CT molecular complexity index is 583. The summed E-state index contributed by atoms with van der Waals surface area (Å²) in [6, 6.07) is 8.57. The molecule has 1 heterocycles. The Hall–Kier alpha value is -1.63. The quantitative estimate of drug-likeness (QED) is 0.728. The monoisotopic (exact) mass is 237 g/mol. The molecule has 0 N–H and O–H groups in total. The Labute approximate surface area is 109 Å². The van der Waals surface area contributed by atoms with Crippen LogP contribution in [0.3, 0.4) is 0 Å². The Morgan fingerprint density at radius 2 is 2.00 bits per heavy atom. The first-order valence-electron chi connectivity index (χ1n) is 6.90. The van der Waals surface area contributed by atoms with E-state index in [1.807, 2.05) is 6.08 Å². The minimum atomic E-state index is 1.06. The molecule has 0 spiro atoms. The van der Waals surface area contributed by atoms with Crippen LogP contribution in [0.5, 0.6) is 0 Å². The third kappa shape index (κ3) is 1.94. The van der Waals surface area contributed by atoms with Crippen LogP contribution >= 0.6 is 0 Å². The van der Waals surface area contributed by atoms with Gasteiger partial charge in [0.2, 0.25) is 0 Å². The molecule has 3 rings (SSSR count). The van der Waals surface area contributed by atoms with Crippen molar-refractivity contribution in [3.8, 4) is 0 Å². The Kier molecular flexibility index (Phi) is 3.14. The first-order valence-corrected chi connectivity index (χ1v) is 6.90. The van der Waals surface area contributed by atoms with Gasteiger partial charge in [0.25, 0.3) is 0 Å². The lowest BCUT2D eigenvalue weighted by Crippen LogP contribution is -2.09. The van der Waals surface area contributed by atoms with Gasteiger partial charge in [0, 0.05) is 11.1 Å². The van der Waals surface area contributed by atoms with Crippen LogP contribution in [0.1, 0.15) is 36.1 Å². The average molecular weight is 237 g/mol. The summed E-state index contributed by atoms with van der Waals surface area (Å²) >= 11 is 0. The molecular formula is C17H19N. The van der Waals surface area contributed by atoms with E-state index in [2.05, 4.69) is 30.8 Å². The summed E-state index contributed by atoms with van der Waals surface area (Å²) in [7, 11) is 0. The van der Waals surface area contributed by atoms with E-state index < -0.39 is 0 Å². The van der Waals surface area contributed by atoms with Crippen molar-refractivity contribution in [2.75, 3.05) is 0 Å². The second-order valence-corrected chi connectivity index (χ2v) is 5.07. The van der Waals surface area contributed by atoms with E-state index in [4.69, 9.17) is 4.98 Å². The van der Waals surface area contributed by atoms with Crippen LogP contribution in [0.4, 0.5) is 0 Å². The number of aryl methyl sites for hydroxylation is 2. The highest BCUT2D eigenvalue weighted by atomic mass is 14.7. The molecule has 18 heavy (non-hydrogen) atoms. The van der Waals surface area contributed by atoms with Crippen LogP contribution in [-0.4, -0.2) is 4.98 Å². The molecule has 1 aromatic carbocycles. The third-order valence-corrected chi connectivity index (χ3v) is 3.89. The van der Waals surface area contributed by atoms with E-state index in [1.165, 1.54) is 41.5 Å². The third-order valence-electron chi connectivity index (χ3n) is 3.89. The molecule has 0 aliphatic heterocycles. The van der Waals surface area contributed by atoms with Crippen LogP contribution in [0.25, 0.3) is 10.9 Å². The molecule has 92 valence electrons. The number of allylic oxidation sites excluding steroid dienone is 1. The van der Waals surface area contributed by atoms with Crippen LogP contribution in [0.15, 0.2) is 36.9 Å². The Balaban J connectivity index is 2.22. The smallest absolute Gasteiger partial charge is 0.0708 e. The van der Waals surface area contributed by atoms with Gasteiger partial charge in [0.05, 0.1) is 5.52 Å². The minimum Gasteiger partial charge on any atom is -0.253 e. The number of hydrogen-bond acceptors (Lipinski definition) is 1. The van der Waals surface area contributed by atoms with Gasteiger partial charge in [-0.15, -0.1) is 6.58 Å². The normalized spacial score (nSPS) is 14.4. The van der Waals surface area contributed by atoms with Crippen LogP contribution in [0.2, 0.25) is 0 Å². The van der Waals surface area contributed by atoms with E-state index in [0.717, 1.165) is 24.8 Å². The molecule has 1 heteroatoms. The number of para-hydroxylation sites is 1. The molecule has 1 aliphatic carbocycles. The first-order chi connectivity index (χ1) is 8.90. The second-order valence-electron chi connectivity index (χ2n) is 5.07. The van der Waals surface area contributed by atoms with Crippen molar-refractivity contribution in [1.82, 2.24) is 4.98 Å². The van der Waals surface area contributed by atoms with Gasteiger partial charge in [-0.3, -0.25) is 4.98 Å². The fourth-order valence-corrected chi connectivity index (χ4v) is 3.00. The topological polar surface area (TPSA) is 12.9 Å². The van der Waals surface area contributed by atoms with Gasteiger partial charge in [-0.25, -0.2) is 0 Å². The van der Waals surface area contributed by atoms with E-state index in [9.17, 15) is 0 Å². The molecule has 0 saturated heterocycles. The molecule has 0 saturated carbocycles. The molecule has 0 bridgehead atoms.